The third-order valence-electron chi connectivity index (χ3n) is 5.68. The van der Waals surface area contributed by atoms with Gasteiger partial charge in [-0.3, -0.25) is 4.79 Å². The minimum absolute atomic E-state index is 0.00154. The standard InChI is InChI=1S/C26H27NO5S/c1-15-21(13-16-6-11-19-20(12-16)32-14-31-19)33-24(22(15)25(29)30-5)27-23(28)17-7-9-18(10-8-17)26(2,3)4/h6-12H,13-14H2,1-5H3,(H,27,28). The molecular formula is C26H27NO5S. The molecule has 172 valence electrons. The fourth-order valence-electron chi connectivity index (χ4n) is 3.70. The molecule has 0 radical (unpaired) electrons. The molecule has 2 aromatic carbocycles. The van der Waals surface area contributed by atoms with Gasteiger partial charge in [0.1, 0.15) is 5.00 Å². The summed E-state index contributed by atoms with van der Waals surface area (Å²) in [4.78, 5) is 26.5. The molecule has 1 aliphatic rings. The summed E-state index contributed by atoms with van der Waals surface area (Å²) >= 11 is 1.38. The van der Waals surface area contributed by atoms with E-state index in [9.17, 15) is 9.59 Å². The highest BCUT2D eigenvalue weighted by molar-refractivity contribution is 7.17. The third kappa shape index (κ3) is 4.73. The first-order valence-corrected chi connectivity index (χ1v) is 11.5. The van der Waals surface area contributed by atoms with Crippen molar-refractivity contribution < 1.29 is 23.8 Å². The van der Waals surface area contributed by atoms with Gasteiger partial charge in [-0.05, 0) is 53.3 Å². The Balaban J connectivity index is 1.60. The summed E-state index contributed by atoms with van der Waals surface area (Å²) in [5.41, 5.74) is 3.88. The van der Waals surface area contributed by atoms with Gasteiger partial charge < -0.3 is 19.5 Å². The van der Waals surface area contributed by atoms with Crippen molar-refractivity contribution in [1.29, 1.82) is 0 Å². The molecule has 2 heterocycles. The number of benzene rings is 2. The first-order chi connectivity index (χ1) is 15.7. The molecule has 1 aliphatic heterocycles. The van der Waals surface area contributed by atoms with Gasteiger partial charge in [-0.1, -0.05) is 39.0 Å². The summed E-state index contributed by atoms with van der Waals surface area (Å²) in [6, 6.07) is 13.3. The van der Waals surface area contributed by atoms with E-state index in [0.29, 0.717) is 28.3 Å². The van der Waals surface area contributed by atoms with E-state index in [-0.39, 0.29) is 18.1 Å². The summed E-state index contributed by atoms with van der Waals surface area (Å²) in [7, 11) is 1.34. The van der Waals surface area contributed by atoms with Gasteiger partial charge in [0.2, 0.25) is 6.79 Å². The van der Waals surface area contributed by atoms with Crippen molar-refractivity contribution in [3.05, 3.63) is 75.2 Å². The number of carbonyl (C=O) groups excluding carboxylic acids is 2. The second-order valence-electron chi connectivity index (χ2n) is 8.99. The smallest absolute Gasteiger partial charge is 0.341 e. The first-order valence-electron chi connectivity index (χ1n) is 10.7. The SMILES string of the molecule is COC(=O)c1c(NC(=O)c2ccc(C(C)(C)C)cc2)sc(Cc2ccc3c(c2)OCO3)c1C. The van der Waals surface area contributed by atoms with Gasteiger partial charge in [0.15, 0.2) is 11.5 Å². The fourth-order valence-corrected chi connectivity index (χ4v) is 4.92. The summed E-state index contributed by atoms with van der Waals surface area (Å²) in [5.74, 6) is 0.694. The van der Waals surface area contributed by atoms with Crippen molar-refractivity contribution in [2.24, 2.45) is 0 Å². The number of nitrogens with one attached hydrogen (secondary N) is 1. The average molecular weight is 466 g/mol. The molecule has 0 saturated heterocycles. The lowest BCUT2D eigenvalue weighted by Gasteiger charge is -2.19. The minimum atomic E-state index is -0.473. The Morgan fingerprint density at radius 3 is 2.42 bits per heavy atom. The van der Waals surface area contributed by atoms with Crippen molar-refractivity contribution >= 4 is 28.2 Å². The molecule has 1 N–H and O–H groups in total. The highest BCUT2D eigenvalue weighted by Crippen LogP contribution is 2.38. The van der Waals surface area contributed by atoms with Crippen LogP contribution in [0.3, 0.4) is 0 Å². The number of hydrogen-bond donors (Lipinski definition) is 1. The van der Waals surface area contributed by atoms with Gasteiger partial charge in [-0.25, -0.2) is 4.79 Å². The Labute approximate surface area is 197 Å². The zero-order valence-corrected chi connectivity index (χ0v) is 20.2. The molecule has 4 rings (SSSR count). The van der Waals surface area contributed by atoms with E-state index in [2.05, 4.69) is 26.1 Å². The van der Waals surface area contributed by atoms with Crippen LogP contribution in [0.2, 0.25) is 0 Å². The Morgan fingerprint density at radius 2 is 1.76 bits per heavy atom. The number of thiophene rings is 1. The Kier molecular flexibility index (Phi) is 6.17. The van der Waals surface area contributed by atoms with E-state index in [1.807, 2.05) is 49.4 Å². The average Bonchev–Trinajstić information content (AvgIpc) is 3.37. The van der Waals surface area contributed by atoms with Gasteiger partial charge >= 0.3 is 5.97 Å². The van der Waals surface area contributed by atoms with Gasteiger partial charge in [0.25, 0.3) is 5.91 Å². The van der Waals surface area contributed by atoms with Gasteiger partial charge in [-0.15, -0.1) is 11.3 Å². The van der Waals surface area contributed by atoms with Crippen molar-refractivity contribution in [2.45, 2.75) is 39.5 Å². The maximum atomic E-state index is 13.0. The lowest BCUT2D eigenvalue weighted by Crippen LogP contribution is -2.15. The number of anilines is 1. The molecule has 0 fully saturated rings. The first kappa shape index (κ1) is 22.9. The summed E-state index contributed by atoms with van der Waals surface area (Å²) in [6.45, 7) is 8.47. The fraction of sp³-hybridized carbons (Fsp3) is 0.308. The van der Waals surface area contributed by atoms with Crippen molar-refractivity contribution in [3.8, 4) is 11.5 Å². The van der Waals surface area contributed by atoms with Crippen LogP contribution in [0.5, 0.6) is 11.5 Å². The Morgan fingerprint density at radius 1 is 1.06 bits per heavy atom. The van der Waals surface area contributed by atoms with E-state index in [4.69, 9.17) is 14.2 Å². The molecule has 3 aromatic rings. The molecule has 1 amide bonds. The number of fused-ring (bicyclic) bond motifs is 1. The monoisotopic (exact) mass is 465 g/mol. The van der Waals surface area contributed by atoms with E-state index < -0.39 is 5.97 Å². The van der Waals surface area contributed by atoms with Crippen LogP contribution in [0.4, 0.5) is 5.00 Å². The number of rotatable bonds is 5. The number of amides is 1. The predicted molar refractivity (Wildman–Crippen MR) is 129 cm³/mol. The third-order valence-corrected chi connectivity index (χ3v) is 6.88. The van der Waals surface area contributed by atoms with Gasteiger partial charge in [0.05, 0.1) is 12.7 Å². The quantitative estimate of drug-likeness (QED) is 0.489. The van der Waals surface area contributed by atoms with Crippen molar-refractivity contribution in [3.63, 3.8) is 0 Å². The molecule has 0 aliphatic carbocycles. The number of esters is 1. The molecule has 0 bridgehead atoms. The van der Waals surface area contributed by atoms with Gasteiger partial charge in [-0.2, -0.15) is 0 Å². The molecule has 7 heteroatoms. The Hall–Kier alpha value is -3.32. The molecule has 33 heavy (non-hydrogen) atoms. The molecule has 6 nitrogen and oxygen atoms in total. The summed E-state index contributed by atoms with van der Waals surface area (Å²) < 4.78 is 15.9. The topological polar surface area (TPSA) is 73.9 Å². The second-order valence-corrected chi connectivity index (χ2v) is 10.1. The lowest BCUT2D eigenvalue weighted by molar-refractivity contribution is 0.0601. The number of methoxy groups -OCH3 is 1. The zero-order chi connectivity index (χ0) is 23.8. The van der Waals surface area contributed by atoms with Crippen LogP contribution in [-0.4, -0.2) is 25.8 Å². The summed E-state index contributed by atoms with van der Waals surface area (Å²) in [6.07, 6.45) is 0.591. The van der Waals surface area contributed by atoms with Crippen LogP contribution in [0, 0.1) is 6.92 Å². The van der Waals surface area contributed by atoms with E-state index in [0.717, 1.165) is 27.3 Å². The molecule has 1 aromatic heterocycles. The largest absolute Gasteiger partial charge is 0.465 e. The highest BCUT2D eigenvalue weighted by atomic mass is 32.1. The van der Waals surface area contributed by atoms with E-state index in [1.165, 1.54) is 18.4 Å². The maximum Gasteiger partial charge on any atom is 0.341 e. The summed E-state index contributed by atoms with van der Waals surface area (Å²) in [5, 5.41) is 3.41. The van der Waals surface area contributed by atoms with Crippen LogP contribution in [0.25, 0.3) is 0 Å². The molecule has 0 atom stereocenters. The highest BCUT2D eigenvalue weighted by Gasteiger charge is 2.24. The molecular weight excluding hydrogens is 438 g/mol. The molecule has 0 spiro atoms. The van der Waals surface area contributed by atoms with Crippen LogP contribution in [0.15, 0.2) is 42.5 Å². The van der Waals surface area contributed by atoms with Crippen molar-refractivity contribution in [2.75, 3.05) is 19.2 Å². The molecule has 0 saturated carbocycles. The zero-order valence-electron chi connectivity index (χ0n) is 19.4. The van der Waals surface area contributed by atoms with E-state index in [1.54, 1.807) is 0 Å². The Bertz CT molecular complexity index is 1200. The van der Waals surface area contributed by atoms with Crippen LogP contribution >= 0.6 is 11.3 Å². The van der Waals surface area contributed by atoms with E-state index >= 15 is 0 Å². The van der Waals surface area contributed by atoms with Crippen LogP contribution in [-0.2, 0) is 16.6 Å². The number of ether oxygens (including phenoxy) is 3. The predicted octanol–water partition coefficient (Wildman–Crippen LogP) is 5.71. The van der Waals surface area contributed by atoms with Crippen LogP contribution < -0.4 is 14.8 Å². The minimum Gasteiger partial charge on any atom is -0.465 e. The number of carbonyl (C=O) groups is 2. The van der Waals surface area contributed by atoms with Crippen molar-refractivity contribution in [1.82, 2.24) is 0 Å². The lowest BCUT2D eigenvalue weighted by atomic mass is 9.87. The molecule has 0 unspecified atom stereocenters. The van der Waals surface area contributed by atoms with Gasteiger partial charge in [0, 0.05) is 16.9 Å². The normalized spacial score (nSPS) is 12.5. The van der Waals surface area contributed by atoms with Crippen LogP contribution in [0.1, 0.15) is 63.1 Å². The second kappa shape index (κ2) is 8.90. The number of hydrogen-bond acceptors (Lipinski definition) is 6. The maximum absolute atomic E-state index is 13.0.